The maximum Gasteiger partial charge on any atom is 0.311 e. The molecule has 0 aliphatic carbocycles. The van der Waals surface area contributed by atoms with Crippen LogP contribution < -0.4 is 4.90 Å². The number of fused-ring (bicyclic) bond motifs is 1. The van der Waals surface area contributed by atoms with Crippen LogP contribution in [0.25, 0.3) is 11.6 Å². The number of aryl methyl sites for hydroxylation is 1. The summed E-state index contributed by atoms with van der Waals surface area (Å²) in [6, 6.07) is 17.6. The van der Waals surface area contributed by atoms with Crippen molar-refractivity contribution in [2.24, 2.45) is 0 Å². The van der Waals surface area contributed by atoms with Crippen molar-refractivity contribution >= 4 is 34.8 Å². The highest BCUT2D eigenvalue weighted by atomic mass is 16.6. The summed E-state index contributed by atoms with van der Waals surface area (Å²) in [5, 5.41) is 20.8. The zero-order valence-electron chi connectivity index (χ0n) is 15.9. The summed E-state index contributed by atoms with van der Waals surface area (Å²) in [5.74, 6) is -1.43. The molecule has 0 unspecified atom stereocenters. The second-order valence-electron chi connectivity index (χ2n) is 6.89. The number of phenolic OH excluding ortho intramolecular Hbond substituents is 1. The fourth-order valence-corrected chi connectivity index (χ4v) is 3.44. The third kappa shape index (κ3) is 3.22. The molecule has 2 amide bonds. The van der Waals surface area contributed by atoms with Crippen LogP contribution >= 0.6 is 0 Å². The number of nitrogens with zero attached hydrogens (tertiary/aromatic N) is 2. The van der Waals surface area contributed by atoms with Gasteiger partial charge in [0.15, 0.2) is 5.75 Å². The molecular weight excluding hydrogens is 384 g/mol. The van der Waals surface area contributed by atoms with E-state index in [-0.39, 0.29) is 5.57 Å². The van der Waals surface area contributed by atoms with E-state index in [9.17, 15) is 24.8 Å². The van der Waals surface area contributed by atoms with Gasteiger partial charge in [0.25, 0.3) is 11.8 Å². The minimum atomic E-state index is -0.698. The van der Waals surface area contributed by atoms with E-state index in [4.69, 9.17) is 0 Å². The van der Waals surface area contributed by atoms with Gasteiger partial charge in [-0.05, 0) is 54.0 Å². The Bertz CT molecular complexity index is 1250. The van der Waals surface area contributed by atoms with Gasteiger partial charge in [0.2, 0.25) is 0 Å². The van der Waals surface area contributed by atoms with Gasteiger partial charge < -0.3 is 5.11 Å². The van der Waals surface area contributed by atoms with E-state index in [1.807, 2.05) is 13.0 Å². The standard InChI is InChI=1S/C23H16N2O5/c1-14-5-4-6-16(11-14)24-22(27)18-8-3-2-7-17(18)19(23(24)28)12-15-9-10-21(26)20(13-15)25(29)30/h2-13,26H,1H3/b19-12+. The van der Waals surface area contributed by atoms with E-state index in [0.29, 0.717) is 22.4 Å². The minimum absolute atomic E-state index is 0.228. The minimum Gasteiger partial charge on any atom is -0.502 e. The number of rotatable bonds is 3. The molecule has 3 aromatic carbocycles. The van der Waals surface area contributed by atoms with E-state index in [2.05, 4.69) is 0 Å². The molecule has 0 atom stereocenters. The summed E-state index contributed by atoms with van der Waals surface area (Å²) in [7, 11) is 0. The number of anilines is 1. The summed E-state index contributed by atoms with van der Waals surface area (Å²) in [6.45, 7) is 1.86. The zero-order valence-corrected chi connectivity index (χ0v) is 15.9. The third-order valence-corrected chi connectivity index (χ3v) is 4.85. The van der Waals surface area contributed by atoms with Gasteiger partial charge in [0.1, 0.15) is 0 Å². The molecule has 30 heavy (non-hydrogen) atoms. The average Bonchev–Trinajstić information content (AvgIpc) is 2.72. The lowest BCUT2D eigenvalue weighted by molar-refractivity contribution is -0.385. The highest BCUT2D eigenvalue weighted by Gasteiger charge is 2.35. The molecule has 0 spiro atoms. The number of carbonyl (C=O) groups excluding carboxylic acids is 2. The molecule has 0 saturated carbocycles. The lowest BCUT2D eigenvalue weighted by Gasteiger charge is -2.29. The number of amides is 2. The van der Waals surface area contributed by atoms with Crippen molar-refractivity contribution in [3.63, 3.8) is 0 Å². The summed E-state index contributed by atoms with van der Waals surface area (Å²) in [6.07, 6.45) is 1.49. The average molecular weight is 400 g/mol. The van der Waals surface area contributed by atoms with Gasteiger partial charge in [-0.2, -0.15) is 0 Å². The van der Waals surface area contributed by atoms with Crippen molar-refractivity contribution < 1.29 is 19.6 Å². The first kappa shape index (κ1) is 19.1. The van der Waals surface area contributed by atoms with Crippen LogP contribution in [0, 0.1) is 17.0 Å². The quantitative estimate of drug-likeness (QED) is 0.305. The molecule has 1 aliphatic rings. The molecule has 1 heterocycles. The van der Waals surface area contributed by atoms with Gasteiger partial charge in [-0.3, -0.25) is 19.7 Å². The molecule has 0 fully saturated rings. The Morgan fingerprint density at radius 2 is 1.67 bits per heavy atom. The van der Waals surface area contributed by atoms with E-state index in [1.165, 1.54) is 24.3 Å². The molecule has 1 aliphatic heterocycles. The summed E-state index contributed by atoms with van der Waals surface area (Å²) >= 11 is 0. The summed E-state index contributed by atoms with van der Waals surface area (Å²) in [5.41, 5.74) is 2.27. The summed E-state index contributed by atoms with van der Waals surface area (Å²) in [4.78, 5) is 38.0. The zero-order chi connectivity index (χ0) is 21.4. The number of carbonyl (C=O) groups is 2. The van der Waals surface area contributed by atoms with Crippen molar-refractivity contribution in [2.45, 2.75) is 6.92 Å². The van der Waals surface area contributed by atoms with Crippen molar-refractivity contribution in [3.05, 3.63) is 99.1 Å². The molecular formula is C23H16N2O5. The Morgan fingerprint density at radius 3 is 2.37 bits per heavy atom. The first-order valence-electron chi connectivity index (χ1n) is 9.11. The number of imide groups is 1. The number of phenols is 1. The normalized spacial score (nSPS) is 14.7. The van der Waals surface area contributed by atoms with Crippen LogP contribution in [-0.2, 0) is 4.79 Å². The molecule has 3 aromatic rings. The van der Waals surface area contributed by atoms with Crippen LogP contribution in [0.5, 0.6) is 5.75 Å². The Kier molecular flexibility index (Phi) is 4.63. The molecule has 1 N–H and O–H groups in total. The molecule has 0 bridgehead atoms. The van der Waals surface area contributed by atoms with Gasteiger partial charge in [-0.25, -0.2) is 4.90 Å². The van der Waals surface area contributed by atoms with Crippen molar-refractivity contribution in [2.75, 3.05) is 4.90 Å². The molecule has 7 heteroatoms. The molecule has 0 aromatic heterocycles. The Morgan fingerprint density at radius 1 is 0.933 bits per heavy atom. The SMILES string of the molecule is Cc1cccc(N2C(=O)/C(=C/c3ccc(O)c([N+](=O)[O-])c3)c3ccccc3C2=O)c1. The maximum atomic E-state index is 13.4. The highest BCUT2D eigenvalue weighted by Crippen LogP contribution is 2.35. The van der Waals surface area contributed by atoms with Crippen molar-refractivity contribution in [3.8, 4) is 5.75 Å². The lowest BCUT2D eigenvalue weighted by Crippen LogP contribution is -2.41. The molecule has 4 rings (SSSR count). The monoisotopic (exact) mass is 400 g/mol. The van der Waals surface area contributed by atoms with E-state index < -0.39 is 28.2 Å². The van der Waals surface area contributed by atoms with Crippen LogP contribution in [0.4, 0.5) is 11.4 Å². The van der Waals surface area contributed by atoms with Crippen LogP contribution in [0.2, 0.25) is 0 Å². The van der Waals surface area contributed by atoms with Crippen LogP contribution in [0.15, 0.2) is 66.7 Å². The Hall–Kier alpha value is -4.26. The fraction of sp³-hybridized carbons (Fsp3) is 0.0435. The van der Waals surface area contributed by atoms with Crippen LogP contribution in [0.3, 0.4) is 0 Å². The number of aromatic hydroxyl groups is 1. The van der Waals surface area contributed by atoms with Gasteiger partial charge in [0.05, 0.1) is 10.6 Å². The van der Waals surface area contributed by atoms with E-state index in [1.54, 1.807) is 42.5 Å². The number of hydrogen-bond donors (Lipinski definition) is 1. The first-order valence-corrected chi connectivity index (χ1v) is 9.11. The number of nitro benzene ring substituents is 1. The van der Waals surface area contributed by atoms with Gasteiger partial charge in [-0.1, -0.05) is 36.4 Å². The van der Waals surface area contributed by atoms with Crippen LogP contribution in [-0.4, -0.2) is 21.8 Å². The largest absolute Gasteiger partial charge is 0.502 e. The molecule has 0 saturated heterocycles. The predicted molar refractivity (Wildman–Crippen MR) is 112 cm³/mol. The number of benzene rings is 3. The number of hydrogen-bond acceptors (Lipinski definition) is 5. The highest BCUT2D eigenvalue weighted by molar-refractivity contribution is 6.43. The third-order valence-electron chi connectivity index (χ3n) is 4.85. The molecule has 7 nitrogen and oxygen atoms in total. The Labute approximate surface area is 171 Å². The maximum absolute atomic E-state index is 13.4. The first-order chi connectivity index (χ1) is 14.4. The molecule has 148 valence electrons. The second kappa shape index (κ2) is 7.29. The van der Waals surface area contributed by atoms with E-state index >= 15 is 0 Å². The van der Waals surface area contributed by atoms with Crippen LogP contribution in [0.1, 0.15) is 27.0 Å². The van der Waals surface area contributed by atoms with Crippen molar-refractivity contribution in [1.82, 2.24) is 0 Å². The van der Waals surface area contributed by atoms with E-state index in [0.717, 1.165) is 10.5 Å². The smallest absolute Gasteiger partial charge is 0.311 e. The number of nitro groups is 1. The fourth-order valence-electron chi connectivity index (χ4n) is 3.44. The predicted octanol–water partition coefficient (Wildman–Crippen LogP) is 4.34. The van der Waals surface area contributed by atoms with Crippen molar-refractivity contribution in [1.29, 1.82) is 0 Å². The van der Waals surface area contributed by atoms with Gasteiger partial charge >= 0.3 is 5.69 Å². The van der Waals surface area contributed by atoms with Gasteiger partial charge in [-0.15, -0.1) is 0 Å². The summed E-state index contributed by atoms with van der Waals surface area (Å²) < 4.78 is 0. The topological polar surface area (TPSA) is 101 Å². The molecule has 0 radical (unpaired) electrons. The van der Waals surface area contributed by atoms with Gasteiger partial charge in [0, 0.05) is 17.2 Å². The Balaban J connectivity index is 1.90. The lowest BCUT2D eigenvalue weighted by atomic mass is 9.91. The second-order valence-corrected chi connectivity index (χ2v) is 6.89.